The Morgan fingerprint density at radius 3 is 2.64 bits per heavy atom. The van der Waals surface area contributed by atoms with Gasteiger partial charge in [0, 0.05) is 11.8 Å². The summed E-state index contributed by atoms with van der Waals surface area (Å²) in [6.45, 7) is 0.182. The molecule has 0 bridgehead atoms. The molecular weight excluding hydrogens is 322 g/mol. The Morgan fingerprint density at radius 2 is 2.00 bits per heavy atom. The quantitative estimate of drug-likeness (QED) is 0.700. The molecule has 0 fully saturated rings. The third kappa shape index (κ3) is 3.81. The van der Waals surface area contributed by atoms with E-state index in [1.807, 2.05) is 30.3 Å². The number of aliphatic carboxylic acids is 1. The zero-order chi connectivity index (χ0) is 17.8. The lowest BCUT2D eigenvalue weighted by Crippen LogP contribution is -2.30. The van der Waals surface area contributed by atoms with Crippen LogP contribution < -0.4 is 5.73 Å². The molecule has 0 aliphatic rings. The molecule has 0 spiro atoms. The molecule has 1 atom stereocenters. The Balaban J connectivity index is 1.78. The van der Waals surface area contributed by atoms with Gasteiger partial charge < -0.3 is 15.3 Å². The van der Waals surface area contributed by atoms with Crippen molar-refractivity contribution in [3.05, 3.63) is 60.1 Å². The fourth-order valence-electron chi connectivity index (χ4n) is 2.48. The van der Waals surface area contributed by atoms with E-state index in [1.54, 1.807) is 24.1 Å². The number of nitrogens with zero attached hydrogens (tertiary/aromatic N) is 4. The number of nitrogens with two attached hydrogens (primary N) is 1. The summed E-state index contributed by atoms with van der Waals surface area (Å²) in [6.07, 6.45) is 1.45. The molecule has 2 aromatic heterocycles. The first-order valence-corrected chi connectivity index (χ1v) is 7.57. The van der Waals surface area contributed by atoms with E-state index in [1.165, 1.54) is 6.20 Å². The fraction of sp³-hybridized carbons (Fsp3) is 0.176. The summed E-state index contributed by atoms with van der Waals surface area (Å²) in [7, 11) is 1.67. The molecule has 3 rings (SSSR count). The Kier molecular flexibility index (Phi) is 4.71. The summed E-state index contributed by atoms with van der Waals surface area (Å²) < 4.78 is 5.63. The number of benzene rings is 1. The van der Waals surface area contributed by atoms with Crippen LogP contribution in [0.3, 0.4) is 0 Å². The minimum Gasteiger partial charge on any atom is -0.480 e. The van der Waals surface area contributed by atoms with E-state index in [0.29, 0.717) is 23.2 Å². The standard InChI is InChI=1S/C17H17N5O3/c1-22(15(17(23)24)12-7-8-13(18)19-9-12)10-14-20-21-16(25-14)11-5-3-2-4-6-11/h2-9,15H,10H2,1H3,(H2,18,19)(H,23,24). The highest BCUT2D eigenvalue weighted by Crippen LogP contribution is 2.23. The second-order valence-corrected chi connectivity index (χ2v) is 5.54. The van der Waals surface area contributed by atoms with E-state index >= 15 is 0 Å². The lowest BCUT2D eigenvalue weighted by molar-refractivity contribution is -0.143. The zero-order valence-electron chi connectivity index (χ0n) is 13.5. The molecule has 3 aromatic rings. The van der Waals surface area contributed by atoms with Gasteiger partial charge in [0.2, 0.25) is 11.8 Å². The highest BCUT2D eigenvalue weighted by atomic mass is 16.4. The average molecular weight is 339 g/mol. The summed E-state index contributed by atoms with van der Waals surface area (Å²) in [5, 5.41) is 17.6. The second kappa shape index (κ2) is 7.10. The van der Waals surface area contributed by atoms with Crippen molar-refractivity contribution < 1.29 is 14.3 Å². The van der Waals surface area contributed by atoms with Crippen molar-refractivity contribution in [2.45, 2.75) is 12.6 Å². The van der Waals surface area contributed by atoms with Gasteiger partial charge in [0.05, 0.1) is 6.54 Å². The van der Waals surface area contributed by atoms with E-state index in [9.17, 15) is 9.90 Å². The molecule has 1 unspecified atom stereocenters. The van der Waals surface area contributed by atoms with Gasteiger partial charge in [0.1, 0.15) is 11.9 Å². The highest BCUT2D eigenvalue weighted by Gasteiger charge is 2.26. The molecule has 128 valence electrons. The fourth-order valence-corrected chi connectivity index (χ4v) is 2.48. The van der Waals surface area contributed by atoms with Crippen LogP contribution in [0.25, 0.3) is 11.5 Å². The normalized spacial score (nSPS) is 12.2. The van der Waals surface area contributed by atoms with Gasteiger partial charge in [0.25, 0.3) is 0 Å². The molecular formula is C17H17N5O3. The van der Waals surface area contributed by atoms with E-state index in [0.717, 1.165) is 5.56 Å². The summed E-state index contributed by atoms with van der Waals surface area (Å²) in [6, 6.07) is 11.7. The van der Waals surface area contributed by atoms with Crippen LogP contribution in [0.2, 0.25) is 0 Å². The predicted molar refractivity (Wildman–Crippen MR) is 90.2 cm³/mol. The topological polar surface area (TPSA) is 118 Å². The summed E-state index contributed by atoms with van der Waals surface area (Å²) >= 11 is 0. The first-order valence-electron chi connectivity index (χ1n) is 7.57. The number of rotatable bonds is 6. The number of likely N-dealkylation sites (N-methyl/N-ethyl adjacent to an activating group) is 1. The van der Waals surface area contributed by atoms with Crippen molar-refractivity contribution in [2.75, 3.05) is 12.8 Å². The molecule has 2 heterocycles. The van der Waals surface area contributed by atoms with Gasteiger partial charge in [-0.3, -0.25) is 9.69 Å². The Morgan fingerprint density at radius 1 is 1.24 bits per heavy atom. The number of anilines is 1. The molecule has 0 aliphatic carbocycles. The maximum absolute atomic E-state index is 11.7. The molecule has 0 saturated heterocycles. The number of nitrogen functional groups attached to an aromatic ring is 1. The Labute approximate surface area is 143 Å². The first-order chi connectivity index (χ1) is 12.0. The molecule has 8 nitrogen and oxygen atoms in total. The monoisotopic (exact) mass is 339 g/mol. The SMILES string of the molecule is CN(Cc1nnc(-c2ccccc2)o1)C(C(=O)O)c1ccc(N)nc1. The lowest BCUT2D eigenvalue weighted by atomic mass is 10.1. The van der Waals surface area contributed by atoms with Crippen LogP contribution in [0.4, 0.5) is 5.82 Å². The number of carboxylic acid groups (broad SMARTS) is 1. The third-order valence-corrected chi connectivity index (χ3v) is 3.67. The van der Waals surface area contributed by atoms with E-state index in [-0.39, 0.29) is 6.54 Å². The van der Waals surface area contributed by atoms with Crippen molar-refractivity contribution in [3.8, 4) is 11.5 Å². The van der Waals surface area contributed by atoms with Crippen LogP contribution >= 0.6 is 0 Å². The van der Waals surface area contributed by atoms with Crippen molar-refractivity contribution in [3.63, 3.8) is 0 Å². The van der Waals surface area contributed by atoms with Gasteiger partial charge in [-0.05, 0) is 30.8 Å². The number of carbonyl (C=O) groups is 1. The number of aromatic nitrogens is 3. The largest absolute Gasteiger partial charge is 0.480 e. The molecule has 25 heavy (non-hydrogen) atoms. The van der Waals surface area contributed by atoms with Gasteiger partial charge in [0.15, 0.2) is 0 Å². The molecule has 0 aliphatic heterocycles. The number of pyridine rings is 1. The highest BCUT2D eigenvalue weighted by molar-refractivity contribution is 5.75. The van der Waals surface area contributed by atoms with Crippen molar-refractivity contribution >= 4 is 11.8 Å². The smallest absolute Gasteiger partial charge is 0.325 e. The minimum atomic E-state index is -1.00. The van der Waals surface area contributed by atoms with Crippen LogP contribution in [-0.2, 0) is 11.3 Å². The maximum atomic E-state index is 11.7. The lowest BCUT2D eigenvalue weighted by Gasteiger charge is -2.23. The van der Waals surface area contributed by atoms with Crippen molar-refractivity contribution in [2.24, 2.45) is 0 Å². The number of hydrogen-bond donors (Lipinski definition) is 2. The van der Waals surface area contributed by atoms with Gasteiger partial charge in [-0.2, -0.15) is 0 Å². The average Bonchev–Trinajstić information content (AvgIpc) is 3.06. The molecule has 3 N–H and O–H groups in total. The van der Waals surface area contributed by atoms with Gasteiger partial charge in [-0.15, -0.1) is 10.2 Å². The van der Waals surface area contributed by atoms with E-state index in [4.69, 9.17) is 10.2 Å². The maximum Gasteiger partial charge on any atom is 0.325 e. The summed E-state index contributed by atoms with van der Waals surface area (Å²) in [5.74, 6) is 0.0536. The minimum absolute atomic E-state index is 0.182. The molecule has 8 heteroatoms. The molecule has 0 amide bonds. The number of hydrogen-bond acceptors (Lipinski definition) is 7. The molecule has 0 saturated carbocycles. The van der Waals surface area contributed by atoms with Gasteiger partial charge >= 0.3 is 5.97 Å². The third-order valence-electron chi connectivity index (χ3n) is 3.67. The predicted octanol–water partition coefficient (Wildman–Crippen LogP) is 1.97. The number of carboxylic acids is 1. The summed E-state index contributed by atoms with van der Waals surface area (Å²) in [4.78, 5) is 17.2. The molecule has 0 radical (unpaired) electrons. The molecule has 1 aromatic carbocycles. The van der Waals surface area contributed by atoms with Crippen LogP contribution in [0.5, 0.6) is 0 Å². The van der Waals surface area contributed by atoms with Crippen molar-refractivity contribution in [1.82, 2.24) is 20.1 Å². The van der Waals surface area contributed by atoms with Crippen molar-refractivity contribution in [1.29, 1.82) is 0 Å². The van der Waals surface area contributed by atoms with Gasteiger partial charge in [-0.25, -0.2) is 4.98 Å². The summed E-state index contributed by atoms with van der Waals surface area (Å²) in [5.41, 5.74) is 6.88. The van der Waals surface area contributed by atoms with E-state index in [2.05, 4.69) is 15.2 Å². The van der Waals surface area contributed by atoms with Crippen LogP contribution in [0, 0.1) is 0 Å². The first kappa shape index (κ1) is 16.6. The van der Waals surface area contributed by atoms with Crippen LogP contribution in [0.15, 0.2) is 53.1 Å². The second-order valence-electron chi connectivity index (χ2n) is 5.54. The van der Waals surface area contributed by atoms with Gasteiger partial charge in [-0.1, -0.05) is 24.3 Å². The zero-order valence-corrected chi connectivity index (χ0v) is 13.5. The Bertz CT molecular complexity index is 848. The van der Waals surface area contributed by atoms with Crippen LogP contribution in [0.1, 0.15) is 17.5 Å². The van der Waals surface area contributed by atoms with E-state index < -0.39 is 12.0 Å². The Hall–Kier alpha value is -3.26. The van der Waals surface area contributed by atoms with Crippen LogP contribution in [-0.4, -0.2) is 38.2 Å².